The van der Waals surface area contributed by atoms with E-state index in [1.807, 2.05) is 6.07 Å². The Morgan fingerprint density at radius 1 is 0.683 bits per heavy atom. The van der Waals surface area contributed by atoms with Crippen molar-refractivity contribution in [3.8, 4) is 5.75 Å². The van der Waals surface area contributed by atoms with E-state index < -0.39 is 0 Å². The summed E-state index contributed by atoms with van der Waals surface area (Å²) in [5.41, 5.74) is 9.76. The van der Waals surface area contributed by atoms with Gasteiger partial charge in [0, 0.05) is 82.6 Å². The van der Waals surface area contributed by atoms with E-state index in [9.17, 15) is 0 Å². The maximum Gasteiger partial charge on any atom is 0.121 e. The van der Waals surface area contributed by atoms with E-state index in [0.717, 1.165) is 24.5 Å². The molecule has 0 aliphatic rings. The van der Waals surface area contributed by atoms with Gasteiger partial charge >= 0.3 is 0 Å². The van der Waals surface area contributed by atoms with Crippen LogP contribution in [0.4, 0.5) is 22.7 Å². The summed E-state index contributed by atoms with van der Waals surface area (Å²) in [5.74, 6) is 0.998. The molecule has 41 heavy (non-hydrogen) atoms. The van der Waals surface area contributed by atoms with Crippen molar-refractivity contribution >= 4 is 22.7 Å². The second-order valence-electron chi connectivity index (χ2n) is 10.9. The first-order valence-corrected chi connectivity index (χ1v) is 14.7. The molecule has 0 bridgehead atoms. The molecule has 4 rings (SSSR count). The van der Waals surface area contributed by atoms with Crippen LogP contribution < -0.4 is 24.8 Å². The average Bonchev–Trinajstić information content (AvgIpc) is 2.98. The predicted molar refractivity (Wildman–Crippen MR) is 178 cm³/mol. The van der Waals surface area contributed by atoms with Crippen LogP contribution in [-0.2, 0) is 0 Å². The lowest BCUT2D eigenvalue weighted by Gasteiger charge is -2.25. The highest BCUT2D eigenvalue weighted by Crippen LogP contribution is 2.38. The molecular formula is C36H46N4O. The number of nitrogens with one attached hydrogen (secondary N) is 1. The van der Waals surface area contributed by atoms with Crippen molar-refractivity contribution in [3.63, 3.8) is 0 Å². The largest absolute Gasteiger partial charge is 0.492 e. The third-order valence-electron chi connectivity index (χ3n) is 7.64. The SMILES string of the molecule is CCN(CC)c1cccc(OCCNc2cc(C)ccc2C(c2ccc(N(C)C)cc2)c2ccc(N(C)C)cc2)c1. The van der Waals surface area contributed by atoms with Crippen LogP contribution in [-0.4, -0.2) is 54.4 Å². The van der Waals surface area contributed by atoms with Gasteiger partial charge in [-0.3, -0.25) is 0 Å². The first kappa shape index (κ1) is 29.9. The van der Waals surface area contributed by atoms with E-state index in [1.165, 1.54) is 39.3 Å². The maximum atomic E-state index is 6.18. The monoisotopic (exact) mass is 550 g/mol. The normalized spacial score (nSPS) is 10.9. The third kappa shape index (κ3) is 7.55. The molecule has 0 unspecified atom stereocenters. The van der Waals surface area contributed by atoms with Gasteiger partial charge in [-0.15, -0.1) is 0 Å². The van der Waals surface area contributed by atoms with E-state index in [-0.39, 0.29) is 5.92 Å². The molecular weight excluding hydrogens is 504 g/mol. The Bertz CT molecular complexity index is 1320. The molecule has 4 aromatic carbocycles. The van der Waals surface area contributed by atoms with E-state index >= 15 is 0 Å². The van der Waals surface area contributed by atoms with Crippen LogP contribution in [0.1, 0.15) is 42.0 Å². The van der Waals surface area contributed by atoms with E-state index in [4.69, 9.17) is 4.74 Å². The number of benzene rings is 4. The molecule has 0 fully saturated rings. The van der Waals surface area contributed by atoms with Crippen molar-refractivity contribution in [2.24, 2.45) is 0 Å². The number of rotatable bonds is 13. The van der Waals surface area contributed by atoms with Crippen molar-refractivity contribution < 1.29 is 4.74 Å². The van der Waals surface area contributed by atoms with Gasteiger partial charge in [-0.1, -0.05) is 42.5 Å². The Hall–Kier alpha value is -4.12. The second kappa shape index (κ2) is 14.0. The quantitative estimate of drug-likeness (QED) is 0.137. The molecule has 0 amide bonds. The molecule has 0 spiro atoms. The number of nitrogens with zero attached hydrogens (tertiary/aromatic N) is 3. The molecule has 216 valence electrons. The summed E-state index contributed by atoms with van der Waals surface area (Å²) >= 11 is 0. The van der Waals surface area contributed by atoms with Crippen molar-refractivity contribution in [3.05, 3.63) is 113 Å². The minimum absolute atomic E-state index is 0.0946. The van der Waals surface area contributed by atoms with Gasteiger partial charge in [0.25, 0.3) is 0 Å². The molecule has 0 aliphatic carbocycles. The zero-order valence-electron chi connectivity index (χ0n) is 25.8. The van der Waals surface area contributed by atoms with Crippen LogP contribution in [0.25, 0.3) is 0 Å². The Morgan fingerprint density at radius 2 is 1.27 bits per heavy atom. The van der Waals surface area contributed by atoms with Crippen molar-refractivity contribution in [1.82, 2.24) is 0 Å². The topological polar surface area (TPSA) is 31.0 Å². The van der Waals surface area contributed by atoms with Gasteiger partial charge in [-0.25, -0.2) is 0 Å². The van der Waals surface area contributed by atoms with Gasteiger partial charge in [-0.2, -0.15) is 0 Å². The maximum absolute atomic E-state index is 6.18. The van der Waals surface area contributed by atoms with Gasteiger partial charge in [0.15, 0.2) is 0 Å². The second-order valence-corrected chi connectivity index (χ2v) is 10.9. The zero-order valence-corrected chi connectivity index (χ0v) is 25.8. The van der Waals surface area contributed by atoms with Gasteiger partial charge in [-0.05, 0) is 85.5 Å². The zero-order chi connectivity index (χ0) is 29.4. The first-order chi connectivity index (χ1) is 19.8. The highest BCUT2D eigenvalue weighted by Gasteiger charge is 2.21. The van der Waals surface area contributed by atoms with E-state index in [0.29, 0.717) is 13.2 Å². The Morgan fingerprint density at radius 3 is 1.80 bits per heavy atom. The van der Waals surface area contributed by atoms with Crippen LogP contribution >= 0.6 is 0 Å². The summed E-state index contributed by atoms with van der Waals surface area (Å²) in [6.07, 6.45) is 0. The Balaban J connectivity index is 1.59. The van der Waals surface area contributed by atoms with Crippen LogP contribution in [0, 0.1) is 6.92 Å². The minimum atomic E-state index is 0.0946. The van der Waals surface area contributed by atoms with Crippen LogP contribution in [0.3, 0.4) is 0 Å². The summed E-state index contributed by atoms with van der Waals surface area (Å²) in [7, 11) is 8.32. The summed E-state index contributed by atoms with van der Waals surface area (Å²) in [6.45, 7) is 9.76. The number of hydrogen-bond acceptors (Lipinski definition) is 5. The minimum Gasteiger partial charge on any atom is -0.492 e. The molecule has 0 saturated heterocycles. The molecule has 0 heterocycles. The summed E-state index contributed by atoms with van der Waals surface area (Å²) < 4.78 is 6.18. The van der Waals surface area contributed by atoms with Crippen molar-refractivity contribution in [2.45, 2.75) is 26.7 Å². The number of anilines is 4. The van der Waals surface area contributed by atoms with Gasteiger partial charge in [0.2, 0.25) is 0 Å². The molecule has 1 N–H and O–H groups in total. The third-order valence-corrected chi connectivity index (χ3v) is 7.64. The highest BCUT2D eigenvalue weighted by molar-refractivity contribution is 5.62. The number of hydrogen-bond donors (Lipinski definition) is 1. The van der Waals surface area contributed by atoms with E-state index in [2.05, 4.69) is 154 Å². The number of ether oxygens (including phenoxy) is 1. The fourth-order valence-electron chi connectivity index (χ4n) is 5.27. The molecule has 0 aliphatic heterocycles. The smallest absolute Gasteiger partial charge is 0.121 e. The molecule has 5 heteroatoms. The summed E-state index contributed by atoms with van der Waals surface area (Å²) in [5, 5.41) is 3.71. The number of aryl methyl sites for hydroxylation is 1. The standard InChI is InChI=1S/C36H46N4O/c1-8-40(9-2)32-11-10-12-33(26-32)41-24-23-37-35-25-27(3)13-22-34(35)36(28-14-18-30(19-15-28)38(4)5)29-16-20-31(21-17-29)39(6)7/h10-22,25-26,36-37H,8-9,23-24H2,1-7H3. The summed E-state index contributed by atoms with van der Waals surface area (Å²) in [4.78, 5) is 6.61. The average molecular weight is 551 g/mol. The first-order valence-electron chi connectivity index (χ1n) is 14.7. The highest BCUT2D eigenvalue weighted by atomic mass is 16.5. The lowest BCUT2D eigenvalue weighted by molar-refractivity contribution is 0.333. The molecule has 0 aromatic heterocycles. The van der Waals surface area contributed by atoms with Gasteiger partial charge in [0.05, 0.1) is 0 Å². The Labute approximate surface area is 247 Å². The van der Waals surface area contributed by atoms with Crippen molar-refractivity contribution in [1.29, 1.82) is 0 Å². The van der Waals surface area contributed by atoms with Crippen LogP contribution in [0.2, 0.25) is 0 Å². The predicted octanol–water partition coefficient (Wildman–Crippen LogP) is 7.64. The fourth-order valence-corrected chi connectivity index (χ4v) is 5.27. The molecule has 4 aromatic rings. The lowest BCUT2D eigenvalue weighted by Crippen LogP contribution is -2.21. The van der Waals surface area contributed by atoms with Crippen LogP contribution in [0.15, 0.2) is 91.0 Å². The fraction of sp³-hybridized carbons (Fsp3) is 0.333. The molecule has 0 atom stereocenters. The lowest BCUT2D eigenvalue weighted by atomic mass is 9.83. The Kier molecular flexibility index (Phi) is 10.2. The van der Waals surface area contributed by atoms with Crippen LogP contribution in [0.5, 0.6) is 5.75 Å². The van der Waals surface area contributed by atoms with Gasteiger partial charge in [0.1, 0.15) is 12.4 Å². The summed E-state index contributed by atoms with van der Waals surface area (Å²) in [6, 6.07) is 33.0. The van der Waals surface area contributed by atoms with Crippen molar-refractivity contribution in [2.75, 3.05) is 74.4 Å². The molecule has 5 nitrogen and oxygen atoms in total. The van der Waals surface area contributed by atoms with E-state index in [1.54, 1.807) is 0 Å². The molecule has 0 radical (unpaired) electrons. The van der Waals surface area contributed by atoms with Gasteiger partial charge < -0.3 is 24.8 Å². The molecule has 0 saturated carbocycles.